The third-order valence-electron chi connectivity index (χ3n) is 2.36. The molecular formula is C12H14N2O2S. The van der Waals surface area contributed by atoms with Crippen molar-refractivity contribution in [3.63, 3.8) is 0 Å². The van der Waals surface area contributed by atoms with Crippen molar-refractivity contribution >= 4 is 28.4 Å². The van der Waals surface area contributed by atoms with Crippen LogP contribution in [0.3, 0.4) is 0 Å². The normalized spacial score (nSPS) is 10.0. The number of thiophene rings is 1. The minimum absolute atomic E-state index is 0.619. The lowest BCUT2D eigenvalue weighted by Crippen LogP contribution is -1.98. The smallest absolute Gasteiger partial charge is 0.162 e. The van der Waals surface area contributed by atoms with Gasteiger partial charge in [-0.05, 0) is 11.4 Å². The van der Waals surface area contributed by atoms with Crippen LogP contribution in [0.4, 0.5) is 17.1 Å². The molecule has 0 aliphatic carbocycles. The zero-order chi connectivity index (χ0) is 12.3. The summed E-state index contributed by atoms with van der Waals surface area (Å²) in [6.45, 7) is 0. The SMILES string of the molecule is COc1cc(N)c(Nc2ccsc2)cc1OC. The largest absolute Gasteiger partial charge is 0.493 e. The first-order valence-electron chi connectivity index (χ1n) is 5.05. The molecule has 0 amide bonds. The molecule has 1 heterocycles. The number of methoxy groups -OCH3 is 2. The van der Waals surface area contributed by atoms with E-state index in [9.17, 15) is 0 Å². The van der Waals surface area contributed by atoms with Gasteiger partial charge >= 0.3 is 0 Å². The molecule has 2 rings (SSSR count). The van der Waals surface area contributed by atoms with Crippen molar-refractivity contribution in [3.05, 3.63) is 29.0 Å². The van der Waals surface area contributed by atoms with Crippen molar-refractivity contribution in [2.24, 2.45) is 0 Å². The van der Waals surface area contributed by atoms with Crippen molar-refractivity contribution in [1.82, 2.24) is 0 Å². The predicted octanol–water partition coefficient (Wildman–Crippen LogP) is 3.09. The summed E-state index contributed by atoms with van der Waals surface area (Å²) in [6, 6.07) is 5.56. The Balaban J connectivity index is 2.34. The molecule has 90 valence electrons. The predicted molar refractivity (Wildman–Crippen MR) is 71.6 cm³/mol. The van der Waals surface area contributed by atoms with Crippen LogP contribution in [-0.2, 0) is 0 Å². The number of rotatable bonds is 4. The Morgan fingerprint density at radius 1 is 1.18 bits per heavy atom. The molecule has 0 fully saturated rings. The average Bonchev–Trinajstić information content (AvgIpc) is 2.84. The van der Waals surface area contributed by atoms with E-state index >= 15 is 0 Å². The van der Waals surface area contributed by atoms with Gasteiger partial charge in [0.15, 0.2) is 11.5 Å². The van der Waals surface area contributed by atoms with Gasteiger partial charge in [0.05, 0.1) is 25.6 Å². The Morgan fingerprint density at radius 3 is 2.47 bits per heavy atom. The first-order chi connectivity index (χ1) is 8.24. The van der Waals surface area contributed by atoms with Gasteiger partial charge in [-0.1, -0.05) is 0 Å². The molecule has 0 aliphatic heterocycles. The molecule has 17 heavy (non-hydrogen) atoms. The molecule has 0 unspecified atom stereocenters. The monoisotopic (exact) mass is 250 g/mol. The second kappa shape index (κ2) is 4.97. The maximum atomic E-state index is 5.94. The zero-order valence-corrected chi connectivity index (χ0v) is 10.5. The minimum Gasteiger partial charge on any atom is -0.493 e. The van der Waals surface area contributed by atoms with Crippen LogP contribution in [0.15, 0.2) is 29.0 Å². The number of benzene rings is 1. The second-order valence-electron chi connectivity index (χ2n) is 3.43. The lowest BCUT2D eigenvalue weighted by atomic mass is 10.2. The van der Waals surface area contributed by atoms with Crippen molar-refractivity contribution < 1.29 is 9.47 Å². The van der Waals surface area contributed by atoms with E-state index in [1.807, 2.05) is 22.9 Å². The number of nitrogen functional groups attached to an aromatic ring is 1. The van der Waals surface area contributed by atoms with Gasteiger partial charge in [0.25, 0.3) is 0 Å². The van der Waals surface area contributed by atoms with E-state index < -0.39 is 0 Å². The highest BCUT2D eigenvalue weighted by molar-refractivity contribution is 7.08. The molecule has 0 spiro atoms. The lowest BCUT2D eigenvalue weighted by molar-refractivity contribution is 0.355. The van der Waals surface area contributed by atoms with E-state index in [1.54, 1.807) is 31.6 Å². The molecular weight excluding hydrogens is 236 g/mol. The summed E-state index contributed by atoms with van der Waals surface area (Å²) in [5.74, 6) is 1.28. The number of hydrogen-bond donors (Lipinski definition) is 2. The number of nitrogens with two attached hydrogens (primary N) is 1. The summed E-state index contributed by atoms with van der Waals surface area (Å²) in [7, 11) is 3.19. The Morgan fingerprint density at radius 2 is 1.88 bits per heavy atom. The van der Waals surface area contributed by atoms with Crippen molar-refractivity contribution in [3.8, 4) is 11.5 Å². The van der Waals surface area contributed by atoms with E-state index in [2.05, 4.69) is 5.32 Å². The molecule has 0 saturated heterocycles. The number of hydrogen-bond acceptors (Lipinski definition) is 5. The van der Waals surface area contributed by atoms with Gasteiger partial charge in [-0.25, -0.2) is 0 Å². The van der Waals surface area contributed by atoms with Crippen molar-refractivity contribution in [2.45, 2.75) is 0 Å². The van der Waals surface area contributed by atoms with E-state index in [-0.39, 0.29) is 0 Å². The number of anilines is 3. The molecule has 0 aliphatic rings. The fraction of sp³-hybridized carbons (Fsp3) is 0.167. The highest BCUT2D eigenvalue weighted by Gasteiger charge is 2.09. The maximum absolute atomic E-state index is 5.94. The highest BCUT2D eigenvalue weighted by atomic mass is 32.1. The van der Waals surface area contributed by atoms with Crippen LogP contribution in [0.25, 0.3) is 0 Å². The molecule has 2 aromatic rings. The van der Waals surface area contributed by atoms with E-state index in [0.717, 1.165) is 11.4 Å². The zero-order valence-electron chi connectivity index (χ0n) is 9.69. The van der Waals surface area contributed by atoms with Crippen LogP contribution in [0.2, 0.25) is 0 Å². The average molecular weight is 250 g/mol. The first kappa shape index (κ1) is 11.6. The molecule has 3 N–H and O–H groups in total. The summed E-state index contributed by atoms with van der Waals surface area (Å²) in [5, 5.41) is 7.24. The summed E-state index contributed by atoms with van der Waals surface area (Å²) in [4.78, 5) is 0. The van der Waals surface area contributed by atoms with Crippen LogP contribution in [0.5, 0.6) is 11.5 Å². The number of nitrogens with one attached hydrogen (secondary N) is 1. The van der Waals surface area contributed by atoms with Gasteiger partial charge in [0.1, 0.15) is 0 Å². The standard InChI is InChI=1S/C12H14N2O2S/c1-15-11-5-9(13)10(6-12(11)16-2)14-8-3-4-17-7-8/h3-7,14H,13H2,1-2H3. The van der Waals surface area contributed by atoms with Gasteiger partial charge < -0.3 is 20.5 Å². The summed E-state index contributed by atoms with van der Waals surface area (Å²) < 4.78 is 10.4. The van der Waals surface area contributed by atoms with Crippen LogP contribution in [0, 0.1) is 0 Å². The van der Waals surface area contributed by atoms with E-state index in [1.165, 1.54) is 0 Å². The van der Waals surface area contributed by atoms with Crippen LogP contribution in [-0.4, -0.2) is 14.2 Å². The van der Waals surface area contributed by atoms with Gasteiger partial charge in [0, 0.05) is 23.2 Å². The Hall–Kier alpha value is -1.88. The molecule has 4 nitrogen and oxygen atoms in total. The summed E-state index contributed by atoms with van der Waals surface area (Å²) in [5.41, 5.74) is 8.38. The second-order valence-corrected chi connectivity index (χ2v) is 4.21. The summed E-state index contributed by atoms with van der Waals surface area (Å²) in [6.07, 6.45) is 0. The van der Waals surface area contributed by atoms with Gasteiger partial charge in [-0.3, -0.25) is 0 Å². The van der Waals surface area contributed by atoms with Crippen LogP contribution in [0.1, 0.15) is 0 Å². The van der Waals surface area contributed by atoms with Crippen LogP contribution >= 0.6 is 11.3 Å². The molecule has 0 saturated carbocycles. The van der Waals surface area contributed by atoms with E-state index in [4.69, 9.17) is 15.2 Å². The quantitative estimate of drug-likeness (QED) is 0.819. The van der Waals surface area contributed by atoms with Crippen LogP contribution < -0.4 is 20.5 Å². The highest BCUT2D eigenvalue weighted by Crippen LogP contribution is 2.36. The minimum atomic E-state index is 0.619. The third-order valence-corrected chi connectivity index (χ3v) is 3.04. The Bertz CT molecular complexity index is 497. The fourth-order valence-electron chi connectivity index (χ4n) is 1.49. The Labute approximate surface area is 104 Å². The van der Waals surface area contributed by atoms with Crippen molar-refractivity contribution in [1.29, 1.82) is 0 Å². The molecule has 1 aromatic carbocycles. The summed E-state index contributed by atoms with van der Waals surface area (Å²) >= 11 is 1.62. The first-order valence-corrected chi connectivity index (χ1v) is 5.99. The lowest BCUT2D eigenvalue weighted by Gasteiger charge is -2.13. The van der Waals surface area contributed by atoms with E-state index in [0.29, 0.717) is 17.2 Å². The van der Waals surface area contributed by atoms with Gasteiger partial charge in [-0.15, -0.1) is 0 Å². The molecule has 0 radical (unpaired) electrons. The topological polar surface area (TPSA) is 56.5 Å². The number of ether oxygens (including phenoxy) is 2. The van der Waals surface area contributed by atoms with Crippen molar-refractivity contribution in [2.75, 3.05) is 25.3 Å². The molecule has 0 atom stereocenters. The molecule has 5 heteroatoms. The fourth-order valence-corrected chi connectivity index (χ4v) is 2.08. The molecule has 1 aromatic heterocycles. The third kappa shape index (κ3) is 2.45. The molecule has 0 bridgehead atoms. The van der Waals surface area contributed by atoms with Gasteiger partial charge in [-0.2, -0.15) is 11.3 Å². The Kier molecular flexibility index (Phi) is 3.39. The maximum Gasteiger partial charge on any atom is 0.162 e. The van der Waals surface area contributed by atoms with Gasteiger partial charge in [0.2, 0.25) is 0 Å².